The minimum absolute atomic E-state index is 0.197. The number of nitrogens with zero attached hydrogens (tertiary/aromatic N) is 1. The standard InChI is InChI=1S/C19H21N3O3.C19H20N2O3/c1-12-4-3-11-20-17(12)13-7-9-14(10-8-13)18(23)21-16-6-2-5-15(16)19(24)22-25;22-18(20-17-8-4-7-16(17)19(23)21-24)15-11-9-14(10-12-15)13-5-2-1-3-6-13/h3-4,7-11,15-16,25H,2,5-6H2,1H3,(H,21,23)(H,22,24);1-3,5-6,9-12,16-17,24H,4,7-8H2,(H,20,22)(H,21,23)/t15-,16+;16-,17+/m00/s1. The molecule has 0 aliphatic heterocycles. The molecule has 4 amide bonds. The fourth-order valence-corrected chi connectivity index (χ4v) is 6.57. The Morgan fingerprint density at radius 3 is 1.53 bits per heavy atom. The van der Waals surface area contributed by atoms with Gasteiger partial charge in [0.2, 0.25) is 11.8 Å². The molecule has 11 heteroatoms. The molecule has 11 nitrogen and oxygen atoms in total. The highest BCUT2D eigenvalue weighted by Crippen LogP contribution is 2.28. The minimum Gasteiger partial charge on any atom is -0.349 e. The lowest BCUT2D eigenvalue weighted by atomic mass is 10.0. The molecule has 2 aliphatic rings. The van der Waals surface area contributed by atoms with E-state index in [-0.39, 0.29) is 35.7 Å². The molecule has 1 aromatic heterocycles. The molecule has 0 spiro atoms. The van der Waals surface area contributed by atoms with E-state index < -0.39 is 11.8 Å². The number of benzene rings is 3. The van der Waals surface area contributed by atoms with Gasteiger partial charge in [0, 0.05) is 35.0 Å². The van der Waals surface area contributed by atoms with Crippen molar-refractivity contribution >= 4 is 23.6 Å². The number of hydrogen-bond donors (Lipinski definition) is 6. The summed E-state index contributed by atoms with van der Waals surface area (Å²) in [5.74, 6) is -2.04. The van der Waals surface area contributed by atoms with Gasteiger partial charge >= 0.3 is 0 Å². The van der Waals surface area contributed by atoms with Gasteiger partial charge in [0.05, 0.1) is 17.5 Å². The molecule has 0 saturated heterocycles. The van der Waals surface area contributed by atoms with Crippen LogP contribution < -0.4 is 21.6 Å². The van der Waals surface area contributed by atoms with Crippen LogP contribution in [0, 0.1) is 18.8 Å². The van der Waals surface area contributed by atoms with Crippen LogP contribution in [0.5, 0.6) is 0 Å². The first-order valence-corrected chi connectivity index (χ1v) is 16.5. The van der Waals surface area contributed by atoms with Crippen LogP contribution in [0.3, 0.4) is 0 Å². The Bertz CT molecular complexity index is 1750. The molecule has 0 bridgehead atoms. The monoisotopic (exact) mass is 663 g/mol. The maximum absolute atomic E-state index is 12.5. The Morgan fingerprint density at radius 1 is 0.592 bits per heavy atom. The first-order valence-electron chi connectivity index (χ1n) is 16.5. The molecule has 6 rings (SSSR count). The summed E-state index contributed by atoms with van der Waals surface area (Å²) in [5.41, 5.74) is 9.53. The number of nitrogens with one attached hydrogen (secondary N) is 4. The minimum atomic E-state index is -0.441. The number of carbonyl (C=O) groups excluding carboxylic acids is 4. The van der Waals surface area contributed by atoms with Gasteiger partial charge in [-0.25, -0.2) is 11.0 Å². The molecular weight excluding hydrogens is 622 g/mol. The van der Waals surface area contributed by atoms with Gasteiger partial charge in [-0.3, -0.25) is 34.6 Å². The van der Waals surface area contributed by atoms with Crippen LogP contribution in [0.1, 0.15) is 64.8 Å². The van der Waals surface area contributed by atoms with Crippen LogP contribution in [0.25, 0.3) is 22.4 Å². The second kappa shape index (κ2) is 16.6. The van der Waals surface area contributed by atoms with Gasteiger partial charge in [-0.2, -0.15) is 0 Å². The number of aryl methyl sites for hydroxylation is 1. The van der Waals surface area contributed by atoms with Crippen molar-refractivity contribution in [2.75, 3.05) is 0 Å². The molecule has 2 fully saturated rings. The van der Waals surface area contributed by atoms with Crippen molar-refractivity contribution in [3.63, 3.8) is 0 Å². The fourth-order valence-electron chi connectivity index (χ4n) is 6.57. The van der Waals surface area contributed by atoms with Crippen molar-refractivity contribution in [1.82, 2.24) is 26.6 Å². The van der Waals surface area contributed by atoms with Gasteiger partial charge in [-0.15, -0.1) is 0 Å². The van der Waals surface area contributed by atoms with Crippen molar-refractivity contribution in [2.24, 2.45) is 11.8 Å². The molecular formula is C38H41N5O6. The van der Waals surface area contributed by atoms with E-state index in [0.29, 0.717) is 24.0 Å². The topological polar surface area (TPSA) is 170 Å². The zero-order valence-electron chi connectivity index (χ0n) is 27.3. The number of hydrogen-bond acceptors (Lipinski definition) is 7. The maximum atomic E-state index is 12.5. The number of hydroxylamine groups is 2. The van der Waals surface area contributed by atoms with Crippen molar-refractivity contribution in [1.29, 1.82) is 0 Å². The van der Waals surface area contributed by atoms with Gasteiger partial charge < -0.3 is 10.6 Å². The lowest BCUT2D eigenvalue weighted by Gasteiger charge is -2.19. The van der Waals surface area contributed by atoms with E-state index in [2.05, 4.69) is 15.6 Å². The second-order valence-corrected chi connectivity index (χ2v) is 12.4. The van der Waals surface area contributed by atoms with E-state index >= 15 is 0 Å². The summed E-state index contributed by atoms with van der Waals surface area (Å²) >= 11 is 0. The van der Waals surface area contributed by atoms with Gasteiger partial charge in [0.15, 0.2) is 0 Å². The van der Waals surface area contributed by atoms with Crippen LogP contribution in [0.4, 0.5) is 0 Å². The SMILES string of the molecule is Cc1cccnc1-c1ccc(C(=O)N[C@@H]2CCC[C@@H]2C(=O)NO)cc1.O=C(N[C@@H]1CCC[C@@H]1C(=O)NO)c1ccc(-c2ccccc2)cc1. The summed E-state index contributed by atoms with van der Waals surface area (Å²) in [7, 11) is 0. The quantitative estimate of drug-likeness (QED) is 0.111. The zero-order chi connectivity index (χ0) is 34.8. The second-order valence-electron chi connectivity index (χ2n) is 12.4. The Morgan fingerprint density at radius 2 is 1.06 bits per heavy atom. The zero-order valence-corrected chi connectivity index (χ0v) is 27.3. The molecule has 6 N–H and O–H groups in total. The summed E-state index contributed by atoms with van der Waals surface area (Å²) in [6.45, 7) is 2.00. The van der Waals surface area contributed by atoms with E-state index in [1.807, 2.05) is 73.7 Å². The summed E-state index contributed by atoms with van der Waals surface area (Å²) < 4.78 is 0. The highest BCUT2D eigenvalue weighted by Gasteiger charge is 2.35. The first kappa shape index (κ1) is 34.9. The van der Waals surface area contributed by atoms with Crippen LogP contribution >= 0.6 is 0 Å². The largest absolute Gasteiger partial charge is 0.349 e. The predicted octanol–water partition coefficient (Wildman–Crippen LogP) is 5.22. The molecule has 1 heterocycles. The van der Waals surface area contributed by atoms with Crippen LogP contribution in [0.15, 0.2) is 97.2 Å². The first-order chi connectivity index (χ1) is 23.8. The van der Waals surface area contributed by atoms with E-state index in [4.69, 9.17) is 10.4 Å². The summed E-state index contributed by atoms with van der Waals surface area (Å²) in [4.78, 5) is 52.5. The van der Waals surface area contributed by atoms with Crippen molar-refractivity contribution in [3.8, 4) is 22.4 Å². The molecule has 49 heavy (non-hydrogen) atoms. The third-order valence-electron chi connectivity index (χ3n) is 9.24. The lowest BCUT2D eigenvalue weighted by molar-refractivity contribution is -0.134. The van der Waals surface area contributed by atoms with Crippen molar-refractivity contribution in [2.45, 2.75) is 57.5 Å². The number of aromatic nitrogens is 1. The summed E-state index contributed by atoms with van der Waals surface area (Å²) in [6.07, 6.45) is 6.26. The molecule has 4 aromatic rings. The summed E-state index contributed by atoms with van der Waals surface area (Å²) in [5, 5.41) is 23.4. The van der Waals surface area contributed by atoms with E-state index in [0.717, 1.165) is 53.6 Å². The van der Waals surface area contributed by atoms with Crippen LogP contribution in [0.2, 0.25) is 0 Å². The lowest BCUT2D eigenvalue weighted by Crippen LogP contribution is -2.43. The molecule has 0 unspecified atom stereocenters. The highest BCUT2D eigenvalue weighted by atomic mass is 16.5. The third-order valence-corrected chi connectivity index (χ3v) is 9.24. The number of pyridine rings is 1. The molecule has 0 radical (unpaired) electrons. The van der Waals surface area contributed by atoms with Gasteiger partial charge in [-0.05, 0) is 79.6 Å². The maximum Gasteiger partial charge on any atom is 0.251 e. The number of carbonyl (C=O) groups is 4. The van der Waals surface area contributed by atoms with Gasteiger partial charge in [-0.1, -0.05) is 73.5 Å². The molecule has 254 valence electrons. The van der Waals surface area contributed by atoms with Gasteiger partial charge in [0.25, 0.3) is 11.8 Å². The number of amides is 4. The van der Waals surface area contributed by atoms with Crippen molar-refractivity contribution in [3.05, 3.63) is 114 Å². The Balaban J connectivity index is 0.000000191. The van der Waals surface area contributed by atoms with Crippen LogP contribution in [-0.4, -0.2) is 51.1 Å². The number of rotatable bonds is 8. The van der Waals surface area contributed by atoms with E-state index in [1.54, 1.807) is 41.4 Å². The molecule has 3 aromatic carbocycles. The van der Waals surface area contributed by atoms with Gasteiger partial charge in [0.1, 0.15) is 0 Å². The Hall–Kier alpha value is -5.39. The van der Waals surface area contributed by atoms with Crippen LogP contribution in [-0.2, 0) is 9.59 Å². The fraction of sp³-hybridized carbons (Fsp3) is 0.289. The predicted molar refractivity (Wildman–Crippen MR) is 183 cm³/mol. The molecule has 2 saturated carbocycles. The summed E-state index contributed by atoms with van der Waals surface area (Å²) in [6, 6.07) is 28.0. The average Bonchev–Trinajstić information content (AvgIpc) is 3.81. The highest BCUT2D eigenvalue weighted by molar-refractivity contribution is 5.96. The normalized spacial score (nSPS) is 19.6. The Labute approximate surface area is 285 Å². The molecule has 4 atom stereocenters. The van der Waals surface area contributed by atoms with E-state index in [1.165, 1.54) is 0 Å². The average molecular weight is 664 g/mol. The Kier molecular flexibility index (Phi) is 11.9. The van der Waals surface area contributed by atoms with Crippen molar-refractivity contribution < 1.29 is 29.6 Å². The third kappa shape index (κ3) is 8.75. The smallest absolute Gasteiger partial charge is 0.251 e. The molecule has 2 aliphatic carbocycles. The van der Waals surface area contributed by atoms with E-state index in [9.17, 15) is 19.2 Å².